The van der Waals surface area contributed by atoms with E-state index in [0.29, 0.717) is 0 Å². The smallest absolute Gasteiger partial charge is 0.237 e. The summed E-state index contributed by atoms with van der Waals surface area (Å²) >= 11 is 0. The first-order valence-electron chi connectivity index (χ1n) is 8.10. The summed E-state index contributed by atoms with van der Waals surface area (Å²) in [6.45, 7) is -0.775. The van der Waals surface area contributed by atoms with E-state index in [1.165, 1.54) is 0 Å². The van der Waals surface area contributed by atoms with Crippen molar-refractivity contribution in [2.75, 3.05) is 6.61 Å². The van der Waals surface area contributed by atoms with Crippen molar-refractivity contribution in [2.24, 2.45) is 0 Å². The van der Waals surface area contributed by atoms with Gasteiger partial charge in [-0.1, -0.05) is 12.8 Å². The number of halogens is 17. The minimum atomic E-state index is -8.60. The number of hydrogen-bond acceptors (Lipinski definition) is 0. The van der Waals surface area contributed by atoms with Gasteiger partial charge in [-0.05, 0) is 12.8 Å². The Morgan fingerprint density at radius 3 is 1.03 bits per heavy atom. The zero-order chi connectivity index (χ0) is 26.2. The number of unbranched alkanes of at least 4 members (excludes halogenated alkanes) is 3. The Bertz CT molecular complexity index is 621. The van der Waals surface area contributed by atoms with Gasteiger partial charge < -0.3 is 0 Å². The van der Waals surface area contributed by atoms with E-state index in [9.17, 15) is 79.7 Å². The monoisotopic (exact) mass is 519 g/mol. The fourth-order valence-electron chi connectivity index (χ4n) is 2.16. The van der Waals surface area contributed by atoms with Crippen molar-refractivity contribution in [1.29, 1.82) is 0 Å². The van der Waals surface area contributed by atoms with E-state index in [1.807, 2.05) is 0 Å². The van der Waals surface area contributed by atoms with Crippen LogP contribution in [0.25, 0.3) is 0 Å². The molecule has 0 aliphatic carbocycles. The highest BCUT2D eigenvalue weighted by Gasteiger charge is 2.95. The fourth-order valence-corrected chi connectivity index (χ4v) is 2.16. The van der Waals surface area contributed by atoms with Gasteiger partial charge in [-0.25, -0.2) is 5.11 Å². The summed E-state index contributed by atoms with van der Waals surface area (Å²) < 4.78 is 221. The predicted molar refractivity (Wildman–Crippen MR) is 69.3 cm³/mol. The first-order chi connectivity index (χ1) is 13.8. The van der Waals surface area contributed by atoms with Crippen molar-refractivity contribution < 1.29 is 79.7 Å². The molecule has 0 rings (SSSR count). The van der Waals surface area contributed by atoms with E-state index >= 15 is 0 Å². The summed E-state index contributed by atoms with van der Waals surface area (Å²) in [6.07, 6.45) is -12.4. The normalized spacial score (nSPS) is 15.9. The molecule has 18 heteroatoms. The molecule has 0 saturated carbocycles. The lowest BCUT2D eigenvalue weighted by Crippen LogP contribution is -2.74. The Morgan fingerprint density at radius 1 is 0.375 bits per heavy atom. The van der Waals surface area contributed by atoms with Gasteiger partial charge in [-0.15, -0.1) is 0 Å². The van der Waals surface area contributed by atoms with E-state index in [-0.39, 0.29) is 12.8 Å². The highest BCUT2D eigenvalue weighted by Crippen LogP contribution is 2.64. The third-order valence-corrected chi connectivity index (χ3v) is 4.17. The second-order valence-electron chi connectivity index (χ2n) is 6.52. The summed E-state index contributed by atoms with van der Waals surface area (Å²) in [7, 11) is 0. The zero-order valence-corrected chi connectivity index (χ0v) is 15.1. The predicted octanol–water partition coefficient (Wildman–Crippen LogP) is 7.38. The molecular formula is C14H12F17O. The molecule has 0 aliphatic rings. The highest BCUT2D eigenvalue weighted by molar-refractivity contribution is 5.15. The SMILES string of the molecule is [O]CCCCCCC(F)(F)C(F)(F)C(F)(F)C(F)(F)C(F)(F)C(F)(F)C(F)(F)C(F)(F)F. The molecule has 0 bridgehead atoms. The van der Waals surface area contributed by atoms with Crippen LogP contribution in [0, 0.1) is 0 Å². The maximum absolute atomic E-state index is 13.5. The third kappa shape index (κ3) is 4.56. The van der Waals surface area contributed by atoms with Gasteiger partial charge in [0.05, 0.1) is 6.61 Å². The Hall–Kier alpha value is -1.23. The first-order valence-corrected chi connectivity index (χ1v) is 8.10. The Labute approximate surface area is 167 Å². The third-order valence-electron chi connectivity index (χ3n) is 4.17. The van der Waals surface area contributed by atoms with Crippen LogP contribution in [0.2, 0.25) is 0 Å². The van der Waals surface area contributed by atoms with E-state index in [1.54, 1.807) is 0 Å². The van der Waals surface area contributed by atoms with Crippen molar-refractivity contribution in [1.82, 2.24) is 0 Å². The van der Waals surface area contributed by atoms with E-state index in [4.69, 9.17) is 0 Å². The second kappa shape index (κ2) is 8.85. The first kappa shape index (κ1) is 30.8. The summed E-state index contributed by atoms with van der Waals surface area (Å²) in [5.74, 6) is -56.0. The van der Waals surface area contributed by atoms with Gasteiger partial charge >= 0.3 is 47.6 Å². The van der Waals surface area contributed by atoms with Crippen LogP contribution in [0.15, 0.2) is 0 Å². The molecule has 0 aromatic carbocycles. The zero-order valence-electron chi connectivity index (χ0n) is 15.1. The van der Waals surface area contributed by atoms with Crippen LogP contribution in [-0.2, 0) is 5.11 Å². The molecule has 0 amide bonds. The van der Waals surface area contributed by atoms with E-state index in [2.05, 4.69) is 0 Å². The van der Waals surface area contributed by atoms with Gasteiger partial charge in [0.1, 0.15) is 0 Å². The molecule has 0 saturated heterocycles. The Kier molecular flexibility index (Phi) is 8.51. The molecular weight excluding hydrogens is 507 g/mol. The quantitative estimate of drug-likeness (QED) is 0.190. The number of alkyl halides is 17. The molecule has 0 unspecified atom stereocenters. The van der Waals surface area contributed by atoms with E-state index < -0.39 is 73.5 Å². The molecule has 0 aliphatic heterocycles. The van der Waals surface area contributed by atoms with Crippen molar-refractivity contribution in [3.63, 3.8) is 0 Å². The van der Waals surface area contributed by atoms with Crippen LogP contribution in [0.1, 0.15) is 32.1 Å². The Morgan fingerprint density at radius 2 is 0.688 bits per heavy atom. The molecule has 0 N–H and O–H groups in total. The molecule has 32 heavy (non-hydrogen) atoms. The lowest BCUT2D eigenvalue weighted by atomic mass is 9.88. The number of hydrogen-bond donors (Lipinski definition) is 0. The molecule has 0 heterocycles. The maximum Gasteiger partial charge on any atom is 0.460 e. The van der Waals surface area contributed by atoms with Crippen LogP contribution >= 0.6 is 0 Å². The van der Waals surface area contributed by atoms with Crippen LogP contribution in [0.5, 0.6) is 0 Å². The van der Waals surface area contributed by atoms with E-state index in [0.717, 1.165) is 0 Å². The molecule has 0 atom stereocenters. The van der Waals surface area contributed by atoms with Gasteiger partial charge in [0.25, 0.3) is 0 Å². The van der Waals surface area contributed by atoms with Gasteiger partial charge in [0, 0.05) is 6.42 Å². The van der Waals surface area contributed by atoms with Gasteiger partial charge in [0.2, 0.25) is 0 Å². The Balaban J connectivity index is 6.25. The summed E-state index contributed by atoms with van der Waals surface area (Å²) in [6, 6.07) is 0. The molecule has 193 valence electrons. The molecule has 1 nitrogen and oxygen atoms in total. The highest BCUT2D eigenvalue weighted by atomic mass is 19.4. The van der Waals surface area contributed by atoms with Crippen LogP contribution in [0.3, 0.4) is 0 Å². The van der Waals surface area contributed by atoms with Crippen LogP contribution < -0.4 is 0 Å². The summed E-state index contributed by atoms with van der Waals surface area (Å²) in [4.78, 5) is 0. The average molecular weight is 519 g/mol. The van der Waals surface area contributed by atoms with Gasteiger partial charge in [-0.3, -0.25) is 0 Å². The maximum atomic E-state index is 13.5. The number of rotatable bonds is 12. The lowest BCUT2D eigenvalue weighted by molar-refractivity contribution is -0.461. The van der Waals surface area contributed by atoms with Gasteiger partial charge in [-0.2, -0.15) is 74.6 Å². The van der Waals surface area contributed by atoms with Gasteiger partial charge in [0.15, 0.2) is 0 Å². The molecule has 0 fully saturated rings. The topological polar surface area (TPSA) is 19.9 Å². The largest absolute Gasteiger partial charge is 0.460 e. The molecule has 0 aromatic heterocycles. The minimum Gasteiger partial charge on any atom is -0.237 e. The van der Waals surface area contributed by atoms with Crippen molar-refractivity contribution >= 4 is 0 Å². The molecule has 1 radical (unpaired) electrons. The second-order valence-corrected chi connectivity index (χ2v) is 6.52. The van der Waals surface area contributed by atoms with Crippen molar-refractivity contribution in [3.8, 4) is 0 Å². The van der Waals surface area contributed by atoms with Crippen LogP contribution in [-0.4, -0.2) is 54.2 Å². The summed E-state index contributed by atoms with van der Waals surface area (Å²) in [5, 5.41) is 10.1. The van der Waals surface area contributed by atoms with Crippen molar-refractivity contribution in [3.05, 3.63) is 0 Å². The molecule has 0 spiro atoms. The average Bonchev–Trinajstić information content (AvgIpc) is 2.59. The summed E-state index contributed by atoms with van der Waals surface area (Å²) in [5.41, 5.74) is 0. The van der Waals surface area contributed by atoms with Crippen molar-refractivity contribution in [2.45, 2.75) is 79.7 Å². The standard InChI is InChI=1S/C14H12F17O/c15-7(16,5-3-1-2-4-6-32)8(17,18)9(19,20)10(21,22)11(23,24)12(25,26)13(27,28)14(29,30)31/h1-6H2. The van der Waals surface area contributed by atoms with Crippen LogP contribution in [0.4, 0.5) is 74.6 Å². The minimum absolute atomic E-state index is 0.217. The molecule has 0 aromatic rings. The fraction of sp³-hybridized carbons (Fsp3) is 1.00. The lowest BCUT2D eigenvalue weighted by Gasteiger charge is -2.42.